The molecule has 0 saturated heterocycles. The Hall–Kier alpha value is -5.02. The number of H-pyrrole nitrogens is 1. The number of nitrogens with two attached hydrogens (primary N) is 1. The molecule has 0 radical (unpaired) electrons. The van der Waals surface area contributed by atoms with Crippen LogP contribution < -0.4 is 16.4 Å². The van der Waals surface area contributed by atoms with Crippen LogP contribution in [0.5, 0.6) is 0 Å². The highest BCUT2D eigenvalue weighted by atomic mass is 16.6. The molecule has 0 fully saturated rings. The van der Waals surface area contributed by atoms with E-state index in [2.05, 4.69) is 20.6 Å². The molecular weight excluding hydrogens is 480 g/mol. The zero-order chi connectivity index (χ0) is 26.5. The lowest BCUT2D eigenvalue weighted by Crippen LogP contribution is -2.10. The number of imidazole rings is 1. The molecule has 2 heterocycles. The van der Waals surface area contributed by atoms with E-state index in [0.29, 0.717) is 29.1 Å². The van der Waals surface area contributed by atoms with E-state index in [4.69, 9.17) is 5.73 Å². The van der Waals surface area contributed by atoms with Crippen molar-refractivity contribution in [3.8, 4) is 0 Å². The Labute approximate surface area is 219 Å². The Balaban J connectivity index is 1.53. The van der Waals surface area contributed by atoms with Crippen molar-refractivity contribution in [3.63, 3.8) is 0 Å². The second-order valence-electron chi connectivity index (χ2n) is 8.85. The number of nitro benzene ring substituents is 1. The maximum atomic E-state index is 13.2. The molecule has 0 atom stereocenters. The van der Waals surface area contributed by atoms with Crippen molar-refractivity contribution < 1.29 is 9.72 Å². The molecule has 1 aromatic heterocycles. The number of anilines is 2. The van der Waals surface area contributed by atoms with Crippen LogP contribution in [0, 0.1) is 10.1 Å². The van der Waals surface area contributed by atoms with E-state index in [-0.39, 0.29) is 11.6 Å². The van der Waals surface area contributed by atoms with E-state index in [1.807, 2.05) is 60.7 Å². The average molecular weight is 507 g/mol. The van der Waals surface area contributed by atoms with Crippen molar-refractivity contribution >= 4 is 46.4 Å². The first-order valence-corrected chi connectivity index (χ1v) is 12.2. The molecule has 0 unspecified atom stereocenters. The molecule has 1 aliphatic rings. The number of carbonyl (C=O) groups is 1. The molecule has 0 spiro atoms. The molecule has 38 heavy (non-hydrogen) atoms. The number of aromatic amines is 1. The van der Waals surface area contributed by atoms with Gasteiger partial charge in [0, 0.05) is 35.3 Å². The third kappa shape index (κ3) is 5.37. The lowest BCUT2D eigenvalue weighted by Gasteiger charge is -2.15. The molecule has 4 aromatic rings. The van der Waals surface area contributed by atoms with Crippen LogP contribution in [0.4, 0.5) is 17.1 Å². The van der Waals surface area contributed by atoms with Crippen molar-refractivity contribution in [1.29, 1.82) is 0 Å². The fraction of sp³-hybridized carbons (Fsp3) is 0.103. The number of rotatable bonds is 9. The average Bonchev–Trinajstić information content (AvgIpc) is 3.57. The van der Waals surface area contributed by atoms with Crippen molar-refractivity contribution in [2.24, 2.45) is 5.73 Å². The minimum atomic E-state index is -0.463. The van der Waals surface area contributed by atoms with Gasteiger partial charge >= 0.3 is 0 Å². The molecule has 3 aromatic carbocycles. The Kier molecular flexibility index (Phi) is 7.10. The highest BCUT2D eigenvalue weighted by molar-refractivity contribution is 6.37. The number of non-ortho nitro benzene ring substituents is 1. The zero-order valence-electron chi connectivity index (χ0n) is 20.5. The number of benzene rings is 3. The maximum absolute atomic E-state index is 13.2. The monoisotopic (exact) mass is 506 g/mol. The Bertz CT molecular complexity index is 1520. The molecule has 1 aliphatic heterocycles. The lowest BCUT2D eigenvalue weighted by atomic mass is 9.98. The number of carbonyl (C=O) groups excluding carboxylic acids is 1. The van der Waals surface area contributed by atoms with Gasteiger partial charge in [-0.25, -0.2) is 4.98 Å². The van der Waals surface area contributed by atoms with Gasteiger partial charge in [-0.05, 0) is 60.4 Å². The van der Waals surface area contributed by atoms with Crippen LogP contribution in [0.25, 0.3) is 23.4 Å². The van der Waals surface area contributed by atoms with E-state index in [1.54, 1.807) is 18.6 Å². The number of aryl methyl sites for hydroxylation is 1. The molecule has 0 aliphatic carbocycles. The summed E-state index contributed by atoms with van der Waals surface area (Å²) in [5.74, 6) is -0.325. The van der Waals surface area contributed by atoms with E-state index < -0.39 is 4.92 Å². The molecule has 5 N–H and O–H groups in total. The summed E-state index contributed by atoms with van der Waals surface area (Å²) in [6.45, 7) is 0.612. The summed E-state index contributed by atoms with van der Waals surface area (Å²) in [6, 6.07) is 20.0. The number of nitrogens with zero attached hydrogens (tertiary/aromatic N) is 2. The van der Waals surface area contributed by atoms with Crippen LogP contribution in [0.1, 0.15) is 34.4 Å². The van der Waals surface area contributed by atoms with E-state index in [0.717, 1.165) is 40.9 Å². The number of amides is 1. The third-order valence-electron chi connectivity index (χ3n) is 6.27. The highest BCUT2D eigenvalue weighted by Gasteiger charge is 2.30. The highest BCUT2D eigenvalue weighted by Crippen LogP contribution is 2.39. The number of aromatic nitrogens is 2. The fourth-order valence-corrected chi connectivity index (χ4v) is 4.31. The summed E-state index contributed by atoms with van der Waals surface area (Å²) in [7, 11) is 0. The topological polar surface area (TPSA) is 139 Å². The minimum Gasteiger partial charge on any atom is -0.354 e. The van der Waals surface area contributed by atoms with E-state index in [9.17, 15) is 14.9 Å². The van der Waals surface area contributed by atoms with Gasteiger partial charge in [0.25, 0.3) is 11.6 Å². The first kappa shape index (κ1) is 24.7. The van der Waals surface area contributed by atoms with Crippen molar-refractivity contribution in [3.05, 3.63) is 117 Å². The van der Waals surface area contributed by atoms with Gasteiger partial charge in [0.2, 0.25) is 0 Å². The minimum absolute atomic E-state index is 0.0812. The summed E-state index contributed by atoms with van der Waals surface area (Å²) >= 11 is 0. The largest absolute Gasteiger partial charge is 0.354 e. The Morgan fingerprint density at radius 1 is 1.05 bits per heavy atom. The van der Waals surface area contributed by atoms with Crippen LogP contribution >= 0.6 is 0 Å². The lowest BCUT2D eigenvalue weighted by molar-refractivity contribution is -0.384. The first-order chi connectivity index (χ1) is 18.5. The Morgan fingerprint density at radius 3 is 2.53 bits per heavy atom. The number of hydrogen-bond donors (Lipinski definition) is 4. The summed E-state index contributed by atoms with van der Waals surface area (Å²) in [4.78, 5) is 31.3. The number of nitrogens with one attached hydrogen (secondary N) is 3. The first-order valence-electron chi connectivity index (χ1n) is 12.2. The van der Waals surface area contributed by atoms with Gasteiger partial charge in [-0.1, -0.05) is 42.5 Å². The zero-order valence-corrected chi connectivity index (χ0v) is 20.5. The molecular formula is C29H26N6O3. The fourth-order valence-electron chi connectivity index (χ4n) is 4.31. The summed E-state index contributed by atoms with van der Waals surface area (Å²) < 4.78 is 0. The Morgan fingerprint density at radius 2 is 1.84 bits per heavy atom. The van der Waals surface area contributed by atoms with Crippen molar-refractivity contribution in [2.45, 2.75) is 12.8 Å². The van der Waals surface area contributed by atoms with Crippen LogP contribution in [0.2, 0.25) is 0 Å². The number of fused-ring (bicyclic) bond motifs is 1. The van der Waals surface area contributed by atoms with Crippen molar-refractivity contribution in [1.82, 2.24) is 9.97 Å². The van der Waals surface area contributed by atoms with Crippen molar-refractivity contribution in [2.75, 3.05) is 17.2 Å². The summed E-state index contributed by atoms with van der Waals surface area (Å²) in [5, 5.41) is 17.7. The van der Waals surface area contributed by atoms with Gasteiger partial charge in [0.15, 0.2) is 0 Å². The second kappa shape index (κ2) is 10.9. The molecule has 190 valence electrons. The third-order valence-corrected chi connectivity index (χ3v) is 6.27. The van der Waals surface area contributed by atoms with Gasteiger partial charge in [-0.15, -0.1) is 0 Å². The molecule has 1 amide bonds. The molecule has 5 rings (SSSR count). The quantitative estimate of drug-likeness (QED) is 0.138. The predicted molar refractivity (Wildman–Crippen MR) is 150 cm³/mol. The van der Waals surface area contributed by atoms with Gasteiger partial charge < -0.3 is 21.4 Å². The SMILES string of the molecule is NCCCc1ccc(/C(Nc2ccc(/C=C/c3c[nH]cn3)cc2)=C2/C(=O)Nc3ccc([N+](=O)[O-])cc32)cc1. The standard InChI is InChI=1S/C29H26N6O3/c30-15-1-2-19-3-8-21(9-4-19)28(27-25-16-24(35(37)38)13-14-26(25)34-29(27)36)33-22-10-5-20(6-11-22)7-12-23-17-31-18-32-23/h3-14,16-18,33H,1-2,15,30H2,(H,31,32)(H,34,36)/b12-7+,28-27-. The van der Waals surface area contributed by atoms with Gasteiger partial charge in [0.1, 0.15) is 0 Å². The molecule has 9 heteroatoms. The smallest absolute Gasteiger partial charge is 0.270 e. The molecule has 0 saturated carbocycles. The predicted octanol–water partition coefficient (Wildman–Crippen LogP) is 5.31. The van der Waals surface area contributed by atoms with Gasteiger partial charge in [0.05, 0.1) is 28.2 Å². The second-order valence-corrected chi connectivity index (χ2v) is 8.85. The van der Waals surface area contributed by atoms with Crippen LogP contribution in [0.3, 0.4) is 0 Å². The summed E-state index contributed by atoms with van der Waals surface area (Å²) in [5.41, 5.74) is 12.0. The van der Waals surface area contributed by atoms with Gasteiger partial charge in [-0.3, -0.25) is 14.9 Å². The van der Waals surface area contributed by atoms with E-state index >= 15 is 0 Å². The molecule has 9 nitrogen and oxygen atoms in total. The van der Waals surface area contributed by atoms with Crippen LogP contribution in [-0.2, 0) is 11.2 Å². The number of hydrogen-bond acceptors (Lipinski definition) is 6. The van der Waals surface area contributed by atoms with Crippen LogP contribution in [0.15, 0.2) is 79.3 Å². The van der Waals surface area contributed by atoms with Gasteiger partial charge in [-0.2, -0.15) is 0 Å². The maximum Gasteiger partial charge on any atom is 0.270 e. The summed E-state index contributed by atoms with van der Waals surface area (Å²) in [6.07, 6.45) is 9.04. The van der Waals surface area contributed by atoms with E-state index in [1.165, 1.54) is 12.1 Å². The molecule has 0 bridgehead atoms. The number of nitro groups is 1. The van der Waals surface area contributed by atoms with Crippen LogP contribution in [-0.4, -0.2) is 27.3 Å². The normalized spacial score (nSPS) is 13.9.